The fourth-order valence-electron chi connectivity index (χ4n) is 3.26. The molecule has 1 aromatic rings. The van der Waals surface area contributed by atoms with Crippen LogP contribution in [0.5, 0.6) is 0 Å². The van der Waals surface area contributed by atoms with E-state index < -0.39 is 0 Å². The Morgan fingerprint density at radius 1 is 0.833 bits per heavy atom. The number of halogens is 1. The number of Topliss-reactive ketones (excluding diaryl/α,β-unsaturated/α-hetero) is 2. The lowest BCUT2D eigenvalue weighted by molar-refractivity contribution is -0.117. The summed E-state index contributed by atoms with van der Waals surface area (Å²) in [6.45, 7) is 8.38. The predicted molar refractivity (Wildman–Crippen MR) is 96.2 cm³/mol. The number of anilines is 1. The molecule has 1 aliphatic carbocycles. The Labute approximate surface area is 147 Å². The molecule has 0 radical (unpaired) electrons. The van der Waals surface area contributed by atoms with Crippen LogP contribution in [0.2, 0.25) is 0 Å². The van der Waals surface area contributed by atoms with Crippen molar-refractivity contribution in [2.24, 2.45) is 0 Å². The lowest BCUT2D eigenvalue weighted by Crippen LogP contribution is -2.48. The maximum Gasteiger partial charge on any atom is 0.206 e. The fourth-order valence-corrected chi connectivity index (χ4v) is 3.61. The molecule has 5 heteroatoms. The molecule has 0 aromatic heterocycles. The zero-order valence-electron chi connectivity index (χ0n) is 14.2. The van der Waals surface area contributed by atoms with Gasteiger partial charge in [-0.1, -0.05) is 29.8 Å². The van der Waals surface area contributed by atoms with E-state index in [-0.39, 0.29) is 16.6 Å². The van der Waals surface area contributed by atoms with E-state index in [0.717, 1.165) is 13.1 Å². The predicted octanol–water partition coefficient (Wildman–Crippen LogP) is 3.06. The lowest BCUT2D eigenvalue weighted by atomic mass is 9.93. The van der Waals surface area contributed by atoms with E-state index in [1.54, 1.807) is 13.8 Å². The molecule has 0 atom stereocenters. The SMILES string of the molecule is CC1=C(C)C(=O)C(N2CCN(c3ccccc3C)CC2)=C(Cl)C1=O. The van der Waals surface area contributed by atoms with Crippen molar-refractivity contribution in [3.8, 4) is 0 Å². The van der Waals surface area contributed by atoms with Crippen LogP contribution in [0.4, 0.5) is 5.69 Å². The molecule has 1 heterocycles. The van der Waals surface area contributed by atoms with Gasteiger partial charge in [-0.15, -0.1) is 0 Å². The summed E-state index contributed by atoms with van der Waals surface area (Å²) >= 11 is 6.22. The average molecular weight is 345 g/mol. The first-order valence-electron chi connectivity index (χ1n) is 8.14. The summed E-state index contributed by atoms with van der Waals surface area (Å²) in [5.41, 5.74) is 3.78. The fraction of sp³-hybridized carbons (Fsp3) is 0.368. The molecule has 2 aliphatic rings. The minimum absolute atomic E-state index is 0.0624. The summed E-state index contributed by atoms with van der Waals surface area (Å²) in [5.74, 6) is -0.355. The second-order valence-electron chi connectivity index (χ2n) is 6.33. The monoisotopic (exact) mass is 344 g/mol. The van der Waals surface area contributed by atoms with E-state index in [2.05, 4.69) is 24.0 Å². The molecule has 0 N–H and O–H groups in total. The first-order valence-corrected chi connectivity index (χ1v) is 8.51. The lowest BCUT2D eigenvalue weighted by Gasteiger charge is -2.39. The van der Waals surface area contributed by atoms with Gasteiger partial charge in [-0.05, 0) is 32.4 Å². The van der Waals surface area contributed by atoms with Gasteiger partial charge < -0.3 is 9.80 Å². The first-order chi connectivity index (χ1) is 11.4. The van der Waals surface area contributed by atoms with Crippen LogP contribution in [0.15, 0.2) is 46.1 Å². The molecule has 1 saturated heterocycles. The number of allylic oxidation sites excluding steroid dienone is 3. The molecule has 0 spiro atoms. The molecule has 0 bridgehead atoms. The zero-order valence-corrected chi connectivity index (χ0v) is 15.0. The summed E-state index contributed by atoms with van der Waals surface area (Å²) in [5, 5.41) is 0.0624. The Hall–Kier alpha value is -2.07. The third-order valence-corrected chi connectivity index (χ3v) is 5.27. The highest BCUT2D eigenvalue weighted by molar-refractivity contribution is 6.49. The van der Waals surface area contributed by atoms with Crippen molar-refractivity contribution in [1.29, 1.82) is 0 Å². The quantitative estimate of drug-likeness (QED) is 0.773. The number of para-hydroxylation sites is 1. The van der Waals surface area contributed by atoms with Gasteiger partial charge in [0.1, 0.15) is 10.7 Å². The number of hydrogen-bond acceptors (Lipinski definition) is 4. The number of aryl methyl sites for hydroxylation is 1. The molecule has 126 valence electrons. The van der Waals surface area contributed by atoms with Crippen molar-refractivity contribution < 1.29 is 9.59 Å². The number of ketones is 2. The highest BCUT2D eigenvalue weighted by Gasteiger charge is 2.34. The molecule has 1 aromatic carbocycles. The van der Waals surface area contributed by atoms with Crippen LogP contribution in [-0.4, -0.2) is 42.6 Å². The number of rotatable bonds is 2. The molecule has 3 rings (SSSR count). The summed E-state index contributed by atoms with van der Waals surface area (Å²) in [6, 6.07) is 8.28. The number of benzene rings is 1. The minimum Gasteiger partial charge on any atom is -0.368 e. The first kappa shape index (κ1) is 16.8. The van der Waals surface area contributed by atoms with Crippen LogP contribution in [0.1, 0.15) is 19.4 Å². The Morgan fingerprint density at radius 2 is 1.38 bits per heavy atom. The second-order valence-corrected chi connectivity index (χ2v) is 6.71. The van der Waals surface area contributed by atoms with Gasteiger partial charge in [0.15, 0.2) is 0 Å². The normalized spacial score (nSPS) is 19.5. The third-order valence-electron chi connectivity index (χ3n) is 4.92. The molecule has 24 heavy (non-hydrogen) atoms. The second kappa shape index (κ2) is 6.44. The van der Waals surface area contributed by atoms with Gasteiger partial charge in [0.25, 0.3) is 0 Å². The van der Waals surface area contributed by atoms with E-state index in [0.29, 0.717) is 29.9 Å². The number of piperazine rings is 1. The van der Waals surface area contributed by atoms with Gasteiger partial charge >= 0.3 is 0 Å². The van der Waals surface area contributed by atoms with Gasteiger partial charge in [0, 0.05) is 43.0 Å². The molecule has 0 amide bonds. The van der Waals surface area contributed by atoms with E-state index in [1.807, 2.05) is 17.0 Å². The van der Waals surface area contributed by atoms with Crippen molar-refractivity contribution in [1.82, 2.24) is 4.90 Å². The van der Waals surface area contributed by atoms with Crippen LogP contribution < -0.4 is 4.90 Å². The van der Waals surface area contributed by atoms with Crippen LogP contribution in [0, 0.1) is 6.92 Å². The Bertz CT molecular complexity index is 771. The van der Waals surface area contributed by atoms with Crippen LogP contribution in [0.3, 0.4) is 0 Å². The van der Waals surface area contributed by atoms with Crippen molar-refractivity contribution in [2.45, 2.75) is 20.8 Å². The zero-order chi connectivity index (χ0) is 17.4. The summed E-state index contributed by atoms with van der Waals surface area (Å²) in [4.78, 5) is 29.1. The topological polar surface area (TPSA) is 40.6 Å². The summed E-state index contributed by atoms with van der Waals surface area (Å²) < 4.78 is 0. The number of hydrogen-bond donors (Lipinski definition) is 0. The number of carbonyl (C=O) groups excluding carboxylic acids is 2. The summed E-state index contributed by atoms with van der Waals surface area (Å²) in [6.07, 6.45) is 0. The molecular weight excluding hydrogens is 324 g/mol. The average Bonchev–Trinajstić information content (AvgIpc) is 2.60. The van der Waals surface area contributed by atoms with Crippen molar-refractivity contribution in [2.75, 3.05) is 31.1 Å². The molecular formula is C19H21ClN2O2. The standard InChI is InChI=1S/C19H21ClN2O2/c1-12-6-4-5-7-15(12)21-8-10-22(11-9-21)17-16(20)18(23)13(2)14(3)19(17)24/h4-7H,8-11H2,1-3H3. The van der Waals surface area contributed by atoms with Crippen molar-refractivity contribution in [3.63, 3.8) is 0 Å². The molecule has 1 fully saturated rings. The molecule has 1 aliphatic heterocycles. The highest BCUT2D eigenvalue weighted by Crippen LogP contribution is 2.30. The third kappa shape index (κ3) is 2.75. The Morgan fingerprint density at radius 3 is 2.00 bits per heavy atom. The highest BCUT2D eigenvalue weighted by atomic mass is 35.5. The van der Waals surface area contributed by atoms with E-state index in [9.17, 15) is 9.59 Å². The summed E-state index contributed by atoms with van der Waals surface area (Å²) in [7, 11) is 0. The Balaban J connectivity index is 1.79. The molecule has 4 nitrogen and oxygen atoms in total. The Kier molecular flexibility index (Phi) is 4.50. The maximum atomic E-state index is 12.6. The van der Waals surface area contributed by atoms with Gasteiger partial charge in [0.2, 0.25) is 11.6 Å². The number of carbonyl (C=O) groups is 2. The largest absolute Gasteiger partial charge is 0.368 e. The van der Waals surface area contributed by atoms with E-state index in [1.165, 1.54) is 11.3 Å². The van der Waals surface area contributed by atoms with Crippen LogP contribution in [-0.2, 0) is 9.59 Å². The van der Waals surface area contributed by atoms with Crippen molar-refractivity contribution in [3.05, 3.63) is 51.7 Å². The van der Waals surface area contributed by atoms with Gasteiger partial charge in [0.05, 0.1) is 0 Å². The van der Waals surface area contributed by atoms with Gasteiger partial charge in [-0.3, -0.25) is 9.59 Å². The molecule has 0 saturated carbocycles. The minimum atomic E-state index is -0.231. The van der Waals surface area contributed by atoms with Crippen LogP contribution in [0.25, 0.3) is 0 Å². The maximum absolute atomic E-state index is 12.6. The van der Waals surface area contributed by atoms with Gasteiger partial charge in [-0.25, -0.2) is 0 Å². The van der Waals surface area contributed by atoms with Crippen LogP contribution >= 0.6 is 11.6 Å². The smallest absolute Gasteiger partial charge is 0.206 e. The van der Waals surface area contributed by atoms with E-state index >= 15 is 0 Å². The molecule has 0 unspecified atom stereocenters. The van der Waals surface area contributed by atoms with Gasteiger partial charge in [-0.2, -0.15) is 0 Å². The number of nitrogens with zero attached hydrogens (tertiary/aromatic N) is 2. The van der Waals surface area contributed by atoms with Crippen molar-refractivity contribution >= 4 is 28.9 Å². The van der Waals surface area contributed by atoms with E-state index in [4.69, 9.17) is 11.6 Å².